The third kappa shape index (κ3) is 4.90. The second-order valence-electron chi connectivity index (χ2n) is 4.51. The van der Waals surface area contributed by atoms with Gasteiger partial charge in [-0.05, 0) is 29.7 Å². The predicted molar refractivity (Wildman–Crippen MR) is 82.7 cm³/mol. The van der Waals surface area contributed by atoms with E-state index in [0.717, 1.165) is 24.3 Å². The largest absolute Gasteiger partial charge is 0.497 e. The molecular weight excluding hydrogens is 248 g/mol. The smallest absolute Gasteiger partial charge is 0.119 e. The van der Waals surface area contributed by atoms with E-state index >= 15 is 0 Å². The van der Waals surface area contributed by atoms with Gasteiger partial charge in [0.15, 0.2) is 0 Å². The van der Waals surface area contributed by atoms with Crippen LogP contribution in [0.5, 0.6) is 5.75 Å². The van der Waals surface area contributed by atoms with Crippen LogP contribution in [0.1, 0.15) is 17.5 Å². The van der Waals surface area contributed by atoms with Crippen LogP contribution in [-0.2, 0) is 11.3 Å². The molecule has 2 aromatic rings. The van der Waals surface area contributed by atoms with Crippen LogP contribution in [-0.4, -0.2) is 13.7 Å². The van der Waals surface area contributed by atoms with Gasteiger partial charge in [0, 0.05) is 0 Å². The third-order valence-electron chi connectivity index (χ3n) is 2.94. The Kier molecular flexibility index (Phi) is 5.87. The maximum Gasteiger partial charge on any atom is 0.119 e. The minimum Gasteiger partial charge on any atom is -0.497 e. The van der Waals surface area contributed by atoms with Gasteiger partial charge < -0.3 is 9.47 Å². The van der Waals surface area contributed by atoms with Crippen LogP contribution in [0.25, 0.3) is 6.08 Å². The maximum atomic E-state index is 5.63. The number of hydrogen-bond acceptors (Lipinski definition) is 2. The molecule has 0 aromatic heterocycles. The lowest BCUT2D eigenvalue weighted by molar-refractivity contribution is 0.125. The summed E-state index contributed by atoms with van der Waals surface area (Å²) < 4.78 is 10.8. The summed E-state index contributed by atoms with van der Waals surface area (Å²) >= 11 is 0. The van der Waals surface area contributed by atoms with Gasteiger partial charge in [-0.2, -0.15) is 0 Å². The Hall–Kier alpha value is -2.06. The number of rotatable bonds is 7. The normalized spacial score (nSPS) is 10.8. The summed E-state index contributed by atoms with van der Waals surface area (Å²) in [5.74, 6) is 0.882. The molecule has 0 unspecified atom stereocenters. The van der Waals surface area contributed by atoms with E-state index in [1.807, 2.05) is 36.4 Å². The molecule has 0 bridgehead atoms. The molecule has 0 atom stereocenters. The molecule has 0 heterocycles. The van der Waals surface area contributed by atoms with Crippen molar-refractivity contribution < 1.29 is 9.47 Å². The summed E-state index contributed by atoms with van der Waals surface area (Å²) in [5, 5.41) is 0. The lowest BCUT2D eigenvalue weighted by Gasteiger charge is -2.02. The molecule has 2 rings (SSSR count). The lowest BCUT2D eigenvalue weighted by atomic mass is 10.2. The highest BCUT2D eigenvalue weighted by Crippen LogP contribution is 2.13. The molecule has 0 N–H and O–H groups in total. The van der Waals surface area contributed by atoms with Crippen LogP contribution >= 0.6 is 0 Å². The van der Waals surface area contributed by atoms with Crippen molar-refractivity contribution in [1.82, 2.24) is 0 Å². The highest BCUT2D eigenvalue weighted by molar-refractivity contribution is 5.51. The number of benzene rings is 2. The molecule has 2 nitrogen and oxygen atoms in total. The Labute approximate surface area is 120 Å². The zero-order valence-corrected chi connectivity index (χ0v) is 11.8. The minimum atomic E-state index is 0.674. The van der Waals surface area contributed by atoms with Crippen LogP contribution in [0.3, 0.4) is 0 Å². The zero-order chi connectivity index (χ0) is 14.0. The summed E-state index contributed by atoms with van der Waals surface area (Å²) in [4.78, 5) is 0. The van der Waals surface area contributed by atoms with E-state index in [0.29, 0.717) is 6.61 Å². The third-order valence-corrected chi connectivity index (χ3v) is 2.94. The first kappa shape index (κ1) is 14.4. The first-order valence-corrected chi connectivity index (χ1v) is 6.81. The molecule has 2 aromatic carbocycles. The number of hydrogen-bond donors (Lipinski definition) is 0. The molecule has 0 amide bonds. The van der Waals surface area contributed by atoms with Crippen molar-refractivity contribution in [1.29, 1.82) is 0 Å². The first-order chi connectivity index (χ1) is 9.88. The SMILES string of the molecule is COc1cccc(/C=C\CCOCc2ccccc2)c1. The van der Waals surface area contributed by atoms with Gasteiger partial charge in [-0.3, -0.25) is 0 Å². The fraction of sp³-hybridized carbons (Fsp3) is 0.222. The zero-order valence-electron chi connectivity index (χ0n) is 11.8. The summed E-state index contributed by atoms with van der Waals surface area (Å²) in [6.45, 7) is 1.41. The average Bonchev–Trinajstić information content (AvgIpc) is 2.52. The van der Waals surface area contributed by atoms with Crippen LogP contribution in [0, 0.1) is 0 Å². The van der Waals surface area contributed by atoms with Gasteiger partial charge in [0.2, 0.25) is 0 Å². The van der Waals surface area contributed by atoms with E-state index in [2.05, 4.69) is 30.4 Å². The van der Waals surface area contributed by atoms with Crippen LogP contribution < -0.4 is 4.74 Å². The Bertz CT molecular complexity index is 532. The molecule has 0 aliphatic rings. The van der Waals surface area contributed by atoms with E-state index < -0.39 is 0 Å². The predicted octanol–water partition coefficient (Wildman–Crippen LogP) is 4.32. The van der Waals surface area contributed by atoms with Gasteiger partial charge in [0.25, 0.3) is 0 Å². The van der Waals surface area contributed by atoms with Crippen molar-refractivity contribution in [2.24, 2.45) is 0 Å². The van der Waals surface area contributed by atoms with Crippen molar-refractivity contribution in [2.75, 3.05) is 13.7 Å². The van der Waals surface area contributed by atoms with E-state index in [9.17, 15) is 0 Å². The van der Waals surface area contributed by atoms with Crippen molar-refractivity contribution in [2.45, 2.75) is 13.0 Å². The summed E-state index contributed by atoms with van der Waals surface area (Å²) in [5.41, 5.74) is 2.36. The Morgan fingerprint density at radius 3 is 2.65 bits per heavy atom. The molecule has 0 aliphatic heterocycles. The average molecular weight is 268 g/mol. The Morgan fingerprint density at radius 1 is 1.00 bits per heavy atom. The Morgan fingerprint density at radius 2 is 1.85 bits per heavy atom. The standard InChI is InChI=1S/C18H20O2/c1-19-18-12-7-11-16(14-18)8-5-6-13-20-15-17-9-3-2-4-10-17/h2-5,7-12,14H,6,13,15H2,1H3/b8-5-. The van der Waals surface area contributed by atoms with E-state index in [-0.39, 0.29) is 0 Å². The first-order valence-electron chi connectivity index (χ1n) is 6.81. The van der Waals surface area contributed by atoms with Gasteiger partial charge in [-0.1, -0.05) is 54.6 Å². The molecule has 0 radical (unpaired) electrons. The molecule has 104 valence electrons. The van der Waals surface area contributed by atoms with Crippen molar-refractivity contribution in [3.05, 3.63) is 71.8 Å². The fourth-order valence-electron chi connectivity index (χ4n) is 1.88. The van der Waals surface area contributed by atoms with E-state index in [1.54, 1.807) is 7.11 Å². The number of ether oxygens (including phenoxy) is 2. The van der Waals surface area contributed by atoms with Gasteiger partial charge in [-0.15, -0.1) is 0 Å². The highest BCUT2D eigenvalue weighted by atomic mass is 16.5. The van der Waals surface area contributed by atoms with Gasteiger partial charge >= 0.3 is 0 Å². The fourth-order valence-corrected chi connectivity index (χ4v) is 1.88. The molecule has 2 heteroatoms. The van der Waals surface area contributed by atoms with E-state index in [1.165, 1.54) is 5.56 Å². The van der Waals surface area contributed by atoms with Gasteiger partial charge in [-0.25, -0.2) is 0 Å². The summed E-state index contributed by atoms with van der Waals surface area (Å²) in [6.07, 6.45) is 5.12. The molecular formula is C18H20O2. The monoisotopic (exact) mass is 268 g/mol. The van der Waals surface area contributed by atoms with Gasteiger partial charge in [0.05, 0.1) is 20.3 Å². The molecule has 0 spiro atoms. The molecule has 0 aliphatic carbocycles. The van der Waals surface area contributed by atoms with Crippen LogP contribution in [0.15, 0.2) is 60.7 Å². The van der Waals surface area contributed by atoms with Crippen molar-refractivity contribution >= 4 is 6.08 Å². The maximum absolute atomic E-state index is 5.63. The van der Waals surface area contributed by atoms with Crippen molar-refractivity contribution in [3.8, 4) is 5.75 Å². The second kappa shape index (κ2) is 8.18. The van der Waals surface area contributed by atoms with Crippen LogP contribution in [0.2, 0.25) is 0 Å². The van der Waals surface area contributed by atoms with Gasteiger partial charge in [0.1, 0.15) is 5.75 Å². The second-order valence-corrected chi connectivity index (χ2v) is 4.51. The quantitative estimate of drug-likeness (QED) is 0.696. The molecule has 20 heavy (non-hydrogen) atoms. The lowest BCUT2D eigenvalue weighted by Crippen LogP contribution is -1.93. The molecule has 0 saturated carbocycles. The Balaban J connectivity index is 1.69. The van der Waals surface area contributed by atoms with Crippen molar-refractivity contribution in [3.63, 3.8) is 0 Å². The summed E-state index contributed by atoms with van der Waals surface area (Å²) in [6, 6.07) is 18.2. The number of methoxy groups -OCH3 is 1. The molecule has 0 fully saturated rings. The van der Waals surface area contributed by atoms with Crippen LogP contribution in [0.4, 0.5) is 0 Å². The summed E-state index contributed by atoms with van der Waals surface area (Å²) in [7, 11) is 1.68. The molecule has 0 saturated heterocycles. The van der Waals surface area contributed by atoms with E-state index in [4.69, 9.17) is 9.47 Å². The minimum absolute atomic E-state index is 0.674. The highest BCUT2D eigenvalue weighted by Gasteiger charge is 1.92. The topological polar surface area (TPSA) is 18.5 Å².